The van der Waals surface area contributed by atoms with Crippen LogP contribution in [0.25, 0.3) is 16.7 Å². The van der Waals surface area contributed by atoms with E-state index in [1.165, 1.54) is 16.9 Å². The smallest absolute Gasteiger partial charge is 0.342 e. The van der Waals surface area contributed by atoms with Gasteiger partial charge in [0.25, 0.3) is 5.91 Å². The van der Waals surface area contributed by atoms with Gasteiger partial charge in [0, 0.05) is 24.9 Å². The van der Waals surface area contributed by atoms with Crippen LogP contribution in [0.5, 0.6) is 0 Å². The molecule has 1 saturated heterocycles. The molecule has 180 valence electrons. The number of benzene rings is 2. The molecule has 4 aromatic rings. The first-order valence-corrected chi connectivity index (χ1v) is 11.9. The van der Waals surface area contributed by atoms with Gasteiger partial charge in [-0.25, -0.2) is 9.67 Å². The van der Waals surface area contributed by atoms with Gasteiger partial charge in [-0.1, -0.05) is 18.2 Å². The van der Waals surface area contributed by atoms with Crippen molar-refractivity contribution in [3.05, 3.63) is 77.4 Å². The molecule has 0 radical (unpaired) electrons. The summed E-state index contributed by atoms with van der Waals surface area (Å²) in [6.07, 6.45) is 0.651. The molecule has 1 aliphatic heterocycles. The predicted molar refractivity (Wildman–Crippen MR) is 125 cm³/mol. The molecular weight excluding hydrogens is 455 g/mol. The SMILES string of the molecule is O=C(c1cnn(-c2cccc(C(F)(F)F)c2)c1C1CC1)N1CCCC(c2nc3ccccc3[nH]2)C1. The maximum absolute atomic E-state index is 13.6. The van der Waals surface area contributed by atoms with E-state index < -0.39 is 11.7 Å². The van der Waals surface area contributed by atoms with E-state index in [9.17, 15) is 18.0 Å². The van der Waals surface area contributed by atoms with E-state index >= 15 is 0 Å². The summed E-state index contributed by atoms with van der Waals surface area (Å²) in [6.45, 7) is 1.17. The molecule has 1 unspecified atom stereocenters. The highest BCUT2D eigenvalue weighted by Gasteiger charge is 2.36. The lowest BCUT2D eigenvalue weighted by Crippen LogP contribution is -2.39. The van der Waals surface area contributed by atoms with Crippen LogP contribution in [-0.4, -0.2) is 43.6 Å². The molecule has 2 aliphatic rings. The first-order valence-electron chi connectivity index (χ1n) is 11.9. The Balaban J connectivity index is 1.29. The van der Waals surface area contributed by atoms with Crippen LogP contribution in [0.3, 0.4) is 0 Å². The summed E-state index contributed by atoms with van der Waals surface area (Å²) in [5.74, 6) is 0.988. The average Bonchev–Trinajstić information content (AvgIpc) is 3.45. The first-order chi connectivity index (χ1) is 16.9. The average molecular weight is 480 g/mol. The van der Waals surface area contributed by atoms with Gasteiger partial charge in [-0.3, -0.25) is 4.79 Å². The summed E-state index contributed by atoms with van der Waals surface area (Å²) in [4.78, 5) is 23.6. The zero-order valence-electron chi connectivity index (χ0n) is 18.9. The Morgan fingerprint density at radius 1 is 1.03 bits per heavy atom. The highest BCUT2D eigenvalue weighted by Crippen LogP contribution is 2.43. The number of imidazole rings is 1. The molecule has 6 nitrogen and oxygen atoms in total. The van der Waals surface area contributed by atoms with Gasteiger partial charge in [0.2, 0.25) is 0 Å². The quantitative estimate of drug-likeness (QED) is 0.411. The van der Waals surface area contributed by atoms with Crippen molar-refractivity contribution in [1.82, 2.24) is 24.6 Å². The van der Waals surface area contributed by atoms with Gasteiger partial charge in [-0.2, -0.15) is 18.3 Å². The summed E-state index contributed by atoms with van der Waals surface area (Å²) in [5, 5.41) is 4.38. The van der Waals surface area contributed by atoms with Crippen molar-refractivity contribution >= 4 is 16.9 Å². The molecule has 1 amide bonds. The zero-order chi connectivity index (χ0) is 24.2. The lowest BCUT2D eigenvalue weighted by Gasteiger charge is -2.32. The number of hydrogen-bond acceptors (Lipinski definition) is 3. The molecule has 2 aromatic carbocycles. The summed E-state index contributed by atoms with van der Waals surface area (Å²) in [6, 6.07) is 13.0. The van der Waals surface area contributed by atoms with Gasteiger partial charge in [0.05, 0.1) is 39.7 Å². The maximum Gasteiger partial charge on any atom is 0.416 e. The molecule has 0 spiro atoms. The number of rotatable bonds is 4. The normalized spacial score (nSPS) is 18.8. The number of nitrogens with one attached hydrogen (secondary N) is 1. The number of amides is 1. The second-order valence-corrected chi connectivity index (χ2v) is 9.41. The fourth-order valence-corrected chi connectivity index (χ4v) is 5.01. The van der Waals surface area contributed by atoms with Crippen molar-refractivity contribution in [2.45, 2.75) is 43.7 Å². The second-order valence-electron chi connectivity index (χ2n) is 9.41. The van der Waals surface area contributed by atoms with Crippen molar-refractivity contribution in [3.8, 4) is 5.69 Å². The van der Waals surface area contributed by atoms with Crippen LogP contribution in [0.1, 0.15) is 65.0 Å². The van der Waals surface area contributed by atoms with Crippen molar-refractivity contribution in [2.75, 3.05) is 13.1 Å². The number of piperidine rings is 1. The third-order valence-corrected chi connectivity index (χ3v) is 6.92. The Morgan fingerprint density at radius 2 is 1.86 bits per heavy atom. The van der Waals surface area contributed by atoms with Crippen molar-refractivity contribution in [3.63, 3.8) is 0 Å². The topological polar surface area (TPSA) is 66.8 Å². The fraction of sp³-hybridized carbons (Fsp3) is 0.346. The van der Waals surface area contributed by atoms with Crippen LogP contribution in [0.4, 0.5) is 13.2 Å². The van der Waals surface area contributed by atoms with E-state index in [1.54, 1.807) is 6.07 Å². The Bertz CT molecular complexity index is 1370. The standard InChI is InChI=1S/C26H24F3N5O/c27-26(28,29)18-6-3-7-19(13-18)34-23(16-10-11-16)20(14-30-34)25(35)33-12-4-5-17(15-33)24-31-21-8-1-2-9-22(21)32-24/h1-3,6-9,13-14,16-17H,4-5,10-12,15H2,(H,31,32). The van der Waals surface area contributed by atoms with Crippen molar-refractivity contribution in [2.24, 2.45) is 0 Å². The number of H-pyrrole nitrogens is 1. The van der Waals surface area contributed by atoms with Gasteiger partial charge >= 0.3 is 6.18 Å². The minimum Gasteiger partial charge on any atom is -0.342 e. The minimum atomic E-state index is -4.44. The van der Waals surface area contributed by atoms with Gasteiger partial charge in [0.15, 0.2) is 0 Å². The van der Waals surface area contributed by atoms with E-state index in [0.29, 0.717) is 30.0 Å². The summed E-state index contributed by atoms with van der Waals surface area (Å²) in [7, 11) is 0. The number of nitrogens with zero attached hydrogens (tertiary/aromatic N) is 4. The van der Waals surface area contributed by atoms with E-state index in [2.05, 4.69) is 10.1 Å². The fourth-order valence-electron chi connectivity index (χ4n) is 5.01. The Morgan fingerprint density at radius 3 is 2.63 bits per heavy atom. The van der Waals surface area contributed by atoms with Crippen LogP contribution in [0.15, 0.2) is 54.7 Å². The molecule has 1 saturated carbocycles. The van der Waals surface area contributed by atoms with Crippen LogP contribution < -0.4 is 0 Å². The molecule has 1 aliphatic carbocycles. The molecule has 35 heavy (non-hydrogen) atoms. The molecular formula is C26H24F3N5O. The molecule has 1 atom stereocenters. The lowest BCUT2D eigenvalue weighted by atomic mass is 9.96. The van der Waals surface area contributed by atoms with Gasteiger partial charge in [-0.15, -0.1) is 0 Å². The number of fused-ring (bicyclic) bond motifs is 1. The summed E-state index contributed by atoms with van der Waals surface area (Å²) < 4.78 is 41.3. The maximum atomic E-state index is 13.6. The summed E-state index contributed by atoms with van der Waals surface area (Å²) in [5.41, 5.74) is 2.66. The van der Waals surface area contributed by atoms with Crippen LogP contribution in [-0.2, 0) is 6.18 Å². The zero-order valence-corrected chi connectivity index (χ0v) is 18.9. The molecule has 6 rings (SSSR count). The third-order valence-electron chi connectivity index (χ3n) is 6.92. The number of carbonyl (C=O) groups is 1. The van der Waals surface area contributed by atoms with E-state index in [0.717, 1.165) is 54.7 Å². The third kappa shape index (κ3) is 4.09. The van der Waals surface area contributed by atoms with Crippen molar-refractivity contribution in [1.29, 1.82) is 0 Å². The van der Waals surface area contributed by atoms with Gasteiger partial charge in [-0.05, 0) is 56.0 Å². The molecule has 2 aromatic heterocycles. The Kier molecular flexibility index (Phi) is 5.16. The number of aromatic nitrogens is 4. The van der Waals surface area contributed by atoms with Gasteiger partial charge < -0.3 is 9.88 Å². The largest absolute Gasteiger partial charge is 0.416 e. The number of likely N-dealkylation sites (tertiary alicyclic amines) is 1. The number of halogens is 3. The second kappa shape index (κ2) is 8.25. The van der Waals surface area contributed by atoms with E-state index in [4.69, 9.17) is 4.98 Å². The first kappa shape index (κ1) is 21.9. The van der Waals surface area contributed by atoms with E-state index in [1.807, 2.05) is 29.2 Å². The molecule has 1 N–H and O–H groups in total. The highest BCUT2D eigenvalue weighted by atomic mass is 19.4. The van der Waals surface area contributed by atoms with Crippen LogP contribution in [0, 0.1) is 0 Å². The Hall–Kier alpha value is -3.62. The number of para-hydroxylation sites is 2. The lowest BCUT2D eigenvalue weighted by molar-refractivity contribution is -0.137. The Labute approximate surface area is 199 Å². The highest BCUT2D eigenvalue weighted by molar-refractivity contribution is 5.95. The number of carbonyl (C=O) groups excluding carboxylic acids is 1. The molecule has 3 heterocycles. The monoisotopic (exact) mass is 479 g/mol. The minimum absolute atomic E-state index is 0.1000. The van der Waals surface area contributed by atoms with E-state index in [-0.39, 0.29) is 17.7 Å². The molecule has 0 bridgehead atoms. The number of aromatic amines is 1. The number of hydrogen-bond donors (Lipinski definition) is 1. The number of alkyl halides is 3. The summed E-state index contributed by atoms with van der Waals surface area (Å²) >= 11 is 0. The van der Waals surface area contributed by atoms with Crippen LogP contribution in [0.2, 0.25) is 0 Å². The molecule has 2 fully saturated rings. The molecule has 9 heteroatoms. The van der Waals surface area contributed by atoms with Crippen LogP contribution >= 0.6 is 0 Å². The van der Waals surface area contributed by atoms with Crippen molar-refractivity contribution < 1.29 is 18.0 Å². The van der Waals surface area contributed by atoms with Gasteiger partial charge in [0.1, 0.15) is 5.82 Å². The predicted octanol–water partition coefficient (Wildman–Crippen LogP) is 5.66.